The molecule has 1 aliphatic heterocycles. The lowest BCUT2D eigenvalue weighted by Crippen LogP contribution is -2.44. The SMILES string of the molecule is O=C(NCCSCc1ccc(Cl)cc1)[C@H]1COc2ccccc2O1. The Hall–Kier alpha value is -1.85. The summed E-state index contributed by atoms with van der Waals surface area (Å²) < 4.78 is 11.2. The first-order chi connectivity index (χ1) is 11.7. The van der Waals surface area contributed by atoms with Gasteiger partial charge in [0.05, 0.1) is 0 Å². The molecule has 0 fully saturated rings. The zero-order valence-corrected chi connectivity index (χ0v) is 14.6. The molecule has 2 aromatic rings. The van der Waals surface area contributed by atoms with Crippen molar-refractivity contribution in [3.8, 4) is 11.5 Å². The van der Waals surface area contributed by atoms with E-state index in [0.717, 1.165) is 16.5 Å². The number of rotatable bonds is 6. The van der Waals surface area contributed by atoms with Gasteiger partial charge in [-0.15, -0.1) is 0 Å². The maximum Gasteiger partial charge on any atom is 0.264 e. The minimum Gasteiger partial charge on any atom is -0.485 e. The Balaban J connectivity index is 1.36. The first-order valence-corrected chi connectivity index (χ1v) is 9.24. The average Bonchev–Trinajstić information content (AvgIpc) is 2.62. The number of benzene rings is 2. The molecule has 4 nitrogen and oxygen atoms in total. The van der Waals surface area contributed by atoms with Crippen molar-refractivity contribution in [1.82, 2.24) is 5.32 Å². The number of thioether (sulfide) groups is 1. The molecule has 0 bridgehead atoms. The van der Waals surface area contributed by atoms with Crippen LogP contribution in [0.3, 0.4) is 0 Å². The number of carbonyl (C=O) groups excluding carboxylic acids is 1. The summed E-state index contributed by atoms with van der Waals surface area (Å²) in [6, 6.07) is 15.2. The predicted octanol–water partition coefficient (Wildman–Crippen LogP) is 3.53. The van der Waals surface area contributed by atoms with Crippen LogP contribution in [-0.2, 0) is 10.5 Å². The molecule has 1 N–H and O–H groups in total. The zero-order chi connectivity index (χ0) is 16.8. The van der Waals surface area contributed by atoms with Gasteiger partial charge in [0, 0.05) is 23.1 Å². The molecule has 1 atom stereocenters. The van der Waals surface area contributed by atoms with E-state index < -0.39 is 6.10 Å². The molecule has 1 heterocycles. The molecule has 24 heavy (non-hydrogen) atoms. The minimum absolute atomic E-state index is 0.142. The minimum atomic E-state index is -0.596. The van der Waals surface area contributed by atoms with Crippen LogP contribution < -0.4 is 14.8 Å². The highest BCUT2D eigenvalue weighted by Crippen LogP contribution is 2.30. The number of nitrogens with one attached hydrogen (secondary N) is 1. The second-order valence-corrected chi connectivity index (χ2v) is 6.88. The van der Waals surface area contributed by atoms with Crippen LogP contribution in [0.2, 0.25) is 5.02 Å². The van der Waals surface area contributed by atoms with E-state index in [9.17, 15) is 4.79 Å². The van der Waals surface area contributed by atoms with E-state index in [1.165, 1.54) is 5.56 Å². The molecule has 6 heteroatoms. The van der Waals surface area contributed by atoms with E-state index >= 15 is 0 Å². The summed E-state index contributed by atoms with van der Waals surface area (Å²) in [4.78, 5) is 12.1. The van der Waals surface area contributed by atoms with Gasteiger partial charge in [-0.05, 0) is 29.8 Å². The van der Waals surface area contributed by atoms with Crippen molar-refractivity contribution in [2.75, 3.05) is 18.9 Å². The van der Waals surface area contributed by atoms with E-state index in [2.05, 4.69) is 5.32 Å². The largest absolute Gasteiger partial charge is 0.485 e. The molecular formula is C18H18ClNO3S. The van der Waals surface area contributed by atoms with Crippen LogP contribution in [0.25, 0.3) is 0 Å². The molecule has 126 valence electrons. The number of fused-ring (bicyclic) bond motifs is 1. The van der Waals surface area contributed by atoms with Crippen LogP contribution >= 0.6 is 23.4 Å². The van der Waals surface area contributed by atoms with Crippen molar-refractivity contribution in [3.63, 3.8) is 0 Å². The second kappa shape index (κ2) is 8.31. The van der Waals surface area contributed by atoms with Gasteiger partial charge >= 0.3 is 0 Å². The smallest absolute Gasteiger partial charge is 0.264 e. The van der Waals surface area contributed by atoms with Crippen molar-refractivity contribution in [2.45, 2.75) is 11.9 Å². The Kier molecular flexibility index (Phi) is 5.88. The quantitative estimate of drug-likeness (QED) is 0.797. The first-order valence-electron chi connectivity index (χ1n) is 7.71. The number of ether oxygens (including phenoxy) is 2. The summed E-state index contributed by atoms with van der Waals surface area (Å²) in [5.74, 6) is 2.87. The summed E-state index contributed by atoms with van der Waals surface area (Å²) in [6.07, 6.45) is -0.596. The molecular weight excluding hydrogens is 346 g/mol. The van der Waals surface area contributed by atoms with Crippen molar-refractivity contribution in [2.24, 2.45) is 0 Å². The van der Waals surface area contributed by atoms with Gasteiger partial charge in [-0.25, -0.2) is 0 Å². The van der Waals surface area contributed by atoms with Gasteiger partial charge in [-0.1, -0.05) is 35.9 Å². The van der Waals surface area contributed by atoms with Crippen LogP contribution in [-0.4, -0.2) is 30.9 Å². The van der Waals surface area contributed by atoms with Gasteiger partial charge < -0.3 is 14.8 Å². The van der Waals surface area contributed by atoms with E-state index in [1.807, 2.05) is 42.5 Å². The van der Waals surface area contributed by atoms with Gasteiger partial charge in [0.15, 0.2) is 11.5 Å². The van der Waals surface area contributed by atoms with E-state index in [0.29, 0.717) is 18.0 Å². The normalized spacial score (nSPS) is 15.8. The Morgan fingerprint density at radius 1 is 1.17 bits per heavy atom. The van der Waals surface area contributed by atoms with E-state index in [1.54, 1.807) is 17.8 Å². The number of carbonyl (C=O) groups is 1. The highest BCUT2D eigenvalue weighted by Gasteiger charge is 2.26. The molecule has 1 aliphatic rings. The average molecular weight is 364 g/mol. The molecule has 2 aromatic carbocycles. The highest BCUT2D eigenvalue weighted by molar-refractivity contribution is 7.98. The standard InChI is InChI=1S/C18H18ClNO3S/c19-14-7-5-13(6-8-14)12-24-10-9-20-18(21)17-11-22-15-3-1-2-4-16(15)23-17/h1-8,17H,9-12H2,(H,20,21)/t17-/m1/s1. The fraction of sp³-hybridized carbons (Fsp3) is 0.278. The number of hydrogen-bond acceptors (Lipinski definition) is 4. The number of para-hydroxylation sites is 2. The lowest BCUT2D eigenvalue weighted by atomic mass is 10.2. The summed E-state index contributed by atoms with van der Waals surface area (Å²) in [7, 11) is 0. The molecule has 0 aliphatic carbocycles. The third kappa shape index (κ3) is 4.58. The van der Waals surface area contributed by atoms with Gasteiger partial charge in [-0.2, -0.15) is 11.8 Å². The Morgan fingerprint density at radius 3 is 2.71 bits per heavy atom. The highest BCUT2D eigenvalue weighted by atomic mass is 35.5. The van der Waals surface area contributed by atoms with Gasteiger partial charge in [0.1, 0.15) is 6.61 Å². The zero-order valence-electron chi connectivity index (χ0n) is 13.0. The van der Waals surface area contributed by atoms with Crippen LogP contribution in [0.4, 0.5) is 0 Å². The molecule has 0 saturated carbocycles. The number of amides is 1. The Morgan fingerprint density at radius 2 is 1.92 bits per heavy atom. The second-order valence-electron chi connectivity index (χ2n) is 5.33. The topological polar surface area (TPSA) is 47.6 Å². The van der Waals surface area contributed by atoms with Crippen LogP contribution in [0.5, 0.6) is 11.5 Å². The van der Waals surface area contributed by atoms with Crippen molar-refractivity contribution in [3.05, 3.63) is 59.1 Å². The summed E-state index contributed by atoms with van der Waals surface area (Å²) in [6.45, 7) is 0.833. The molecule has 0 spiro atoms. The molecule has 0 radical (unpaired) electrons. The molecule has 0 unspecified atom stereocenters. The third-order valence-corrected chi connectivity index (χ3v) is 4.81. The summed E-state index contributed by atoms with van der Waals surface area (Å²) >= 11 is 7.62. The van der Waals surface area contributed by atoms with Gasteiger partial charge in [0.25, 0.3) is 5.91 Å². The number of halogens is 1. The van der Waals surface area contributed by atoms with Crippen molar-refractivity contribution in [1.29, 1.82) is 0 Å². The Bertz CT molecular complexity index is 693. The summed E-state index contributed by atoms with van der Waals surface area (Å²) in [5, 5.41) is 3.64. The molecule has 1 amide bonds. The summed E-state index contributed by atoms with van der Waals surface area (Å²) in [5.41, 5.74) is 1.22. The van der Waals surface area contributed by atoms with Gasteiger partial charge in [0.2, 0.25) is 6.10 Å². The Labute approximate surface area is 150 Å². The van der Waals surface area contributed by atoms with Crippen LogP contribution in [0.15, 0.2) is 48.5 Å². The van der Waals surface area contributed by atoms with Crippen molar-refractivity contribution >= 4 is 29.3 Å². The van der Waals surface area contributed by atoms with E-state index in [-0.39, 0.29) is 12.5 Å². The van der Waals surface area contributed by atoms with E-state index in [4.69, 9.17) is 21.1 Å². The first kappa shape index (κ1) is 17.0. The van der Waals surface area contributed by atoms with Crippen molar-refractivity contribution < 1.29 is 14.3 Å². The molecule has 0 saturated heterocycles. The van der Waals surface area contributed by atoms with Gasteiger partial charge in [-0.3, -0.25) is 4.79 Å². The molecule has 0 aromatic heterocycles. The maximum atomic E-state index is 12.1. The number of hydrogen-bond donors (Lipinski definition) is 1. The van der Waals surface area contributed by atoms with Crippen LogP contribution in [0.1, 0.15) is 5.56 Å². The fourth-order valence-electron chi connectivity index (χ4n) is 2.28. The van der Waals surface area contributed by atoms with Crippen LogP contribution in [0, 0.1) is 0 Å². The lowest BCUT2D eigenvalue weighted by molar-refractivity contribution is -0.130. The lowest BCUT2D eigenvalue weighted by Gasteiger charge is -2.25. The molecule has 3 rings (SSSR count). The fourth-order valence-corrected chi connectivity index (χ4v) is 3.22. The predicted molar refractivity (Wildman–Crippen MR) is 97.0 cm³/mol. The monoisotopic (exact) mass is 363 g/mol. The maximum absolute atomic E-state index is 12.1. The third-order valence-electron chi connectivity index (χ3n) is 3.53.